The first-order chi connectivity index (χ1) is 5.86. The van der Waals surface area contributed by atoms with E-state index in [1.54, 1.807) is 12.3 Å². The summed E-state index contributed by atoms with van der Waals surface area (Å²) in [6, 6.07) is 0. The number of H-pyrrole nitrogens is 1. The lowest BCUT2D eigenvalue weighted by Gasteiger charge is -1.95. The van der Waals surface area contributed by atoms with Crippen molar-refractivity contribution in [3.63, 3.8) is 0 Å². The van der Waals surface area contributed by atoms with Crippen LogP contribution in [0.4, 0.5) is 5.95 Å². The van der Waals surface area contributed by atoms with Gasteiger partial charge < -0.3 is 10.3 Å². The van der Waals surface area contributed by atoms with Crippen LogP contribution in [-0.4, -0.2) is 16.5 Å². The van der Waals surface area contributed by atoms with Crippen LogP contribution in [-0.2, 0) is 6.42 Å². The summed E-state index contributed by atoms with van der Waals surface area (Å²) in [5, 5.41) is 3.05. The van der Waals surface area contributed by atoms with Crippen LogP contribution in [0.25, 0.3) is 0 Å². The minimum absolute atomic E-state index is 0.723. The first kappa shape index (κ1) is 8.59. The molecule has 0 saturated carbocycles. The maximum atomic E-state index is 4.11. The van der Waals surface area contributed by atoms with Crippen molar-refractivity contribution in [2.45, 2.75) is 6.42 Å². The fourth-order valence-corrected chi connectivity index (χ4v) is 0.877. The predicted octanol–water partition coefficient (Wildman–Crippen LogP) is 1.74. The Morgan fingerprint density at radius 3 is 3.00 bits per heavy atom. The topological polar surface area (TPSA) is 40.7 Å². The molecule has 1 aromatic heterocycles. The molecule has 0 saturated heterocycles. The van der Waals surface area contributed by atoms with E-state index >= 15 is 0 Å². The quantitative estimate of drug-likeness (QED) is 0.649. The SMILES string of the molecule is C=CCNc1ncc(CC=C)[nH]1. The summed E-state index contributed by atoms with van der Waals surface area (Å²) in [6.07, 6.45) is 6.25. The van der Waals surface area contributed by atoms with Gasteiger partial charge in [-0.15, -0.1) is 13.2 Å². The van der Waals surface area contributed by atoms with Gasteiger partial charge in [-0.05, 0) is 0 Å². The highest BCUT2D eigenvalue weighted by atomic mass is 15.1. The molecule has 0 radical (unpaired) electrons. The van der Waals surface area contributed by atoms with E-state index in [-0.39, 0.29) is 0 Å². The van der Waals surface area contributed by atoms with Gasteiger partial charge in [-0.1, -0.05) is 12.2 Å². The highest BCUT2D eigenvalue weighted by Crippen LogP contribution is 2.02. The van der Waals surface area contributed by atoms with Gasteiger partial charge in [-0.2, -0.15) is 0 Å². The van der Waals surface area contributed by atoms with Crippen LogP contribution in [0.15, 0.2) is 31.5 Å². The maximum absolute atomic E-state index is 4.11. The number of rotatable bonds is 5. The molecule has 12 heavy (non-hydrogen) atoms. The van der Waals surface area contributed by atoms with Gasteiger partial charge in [0.25, 0.3) is 0 Å². The molecule has 3 nitrogen and oxygen atoms in total. The van der Waals surface area contributed by atoms with E-state index in [1.165, 1.54) is 0 Å². The molecular weight excluding hydrogens is 150 g/mol. The molecule has 64 valence electrons. The molecule has 0 aliphatic heterocycles. The lowest BCUT2D eigenvalue weighted by atomic mass is 10.3. The molecule has 0 bridgehead atoms. The lowest BCUT2D eigenvalue weighted by Crippen LogP contribution is -1.99. The summed E-state index contributed by atoms with van der Waals surface area (Å²) in [7, 11) is 0. The molecule has 0 fully saturated rings. The summed E-state index contributed by atoms with van der Waals surface area (Å²) in [4.78, 5) is 7.22. The van der Waals surface area contributed by atoms with Crippen molar-refractivity contribution in [2.24, 2.45) is 0 Å². The van der Waals surface area contributed by atoms with Gasteiger partial charge in [0.05, 0.1) is 6.20 Å². The Labute approximate surface area is 72.2 Å². The van der Waals surface area contributed by atoms with E-state index in [2.05, 4.69) is 28.4 Å². The van der Waals surface area contributed by atoms with Crippen LogP contribution >= 0.6 is 0 Å². The van der Waals surface area contributed by atoms with Gasteiger partial charge in [0.15, 0.2) is 0 Å². The number of hydrogen-bond acceptors (Lipinski definition) is 2. The first-order valence-corrected chi connectivity index (χ1v) is 3.86. The van der Waals surface area contributed by atoms with Crippen molar-refractivity contribution in [3.05, 3.63) is 37.2 Å². The van der Waals surface area contributed by atoms with Crippen molar-refractivity contribution in [2.75, 3.05) is 11.9 Å². The highest BCUT2D eigenvalue weighted by molar-refractivity contribution is 5.27. The average Bonchev–Trinajstić information content (AvgIpc) is 2.50. The maximum Gasteiger partial charge on any atom is 0.200 e. The summed E-state index contributed by atoms with van der Waals surface area (Å²) >= 11 is 0. The Bertz CT molecular complexity index is 262. The smallest absolute Gasteiger partial charge is 0.200 e. The van der Waals surface area contributed by atoms with E-state index < -0.39 is 0 Å². The van der Waals surface area contributed by atoms with E-state index in [0.717, 1.165) is 24.6 Å². The predicted molar refractivity (Wildman–Crippen MR) is 51.2 cm³/mol. The van der Waals surface area contributed by atoms with Gasteiger partial charge in [0.2, 0.25) is 5.95 Å². The Morgan fingerprint density at radius 2 is 2.33 bits per heavy atom. The minimum atomic E-state index is 0.723. The second kappa shape index (κ2) is 4.38. The van der Waals surface area contributed by atoms with Crippen molar-refractivity contribution < 1.29 is 0 Å². The number of nitrogens with zero attached hydrogens (tertiary/aromatic N) is 1. The van der Waals surface area contributed by atoms with E-state index in [9.17, 15) is 0 Å². The molecule has 0 aliphatic rings. The molecule has 0 amide bonds. The average molecular weight is 163 g/mol. The van der Waals surface area contributed by atoms with Gasteiger partial charge in [-0.3, -0.25) is 0 Å². The normalized spacial score (nSPS) is 9.33. The van der Waals surface area contributed by atoms with Gasteiger partial charge >= 0.3 is 0 Å². The minimum Gasteiger partial charge on any atom is -0.352 e. The first-order valence-electron chi connectivity index (χ1n) is 3.86. The van der Waals surface area contributed by atoms with E-state index in [1.807, 2.05) is 6.08 Å². The Kier molecular flexibility index (Phi) is 3.14. The van der Waals surface area contributed by atoms with Gasteiger partial charge in [0.1, 0.15) is 0 Å². The number of allylic oxidation sites excluding steroid dienone is 1. The molecule has 1 aromatic rings. The number of imidazole rings is 1. The largest absolute Gasteiger partial charge is 0.352 e. The van der Waals surface area contributed by atoms with Gasteiger partial charge in [0, 0.05) is 18.7 Å². The Balaban J connectivity index is 2.51. The summed E-state index contributed by atoms with van der Waals surface area (Å²) < 4.78 is 0. The lowest BCUT2D eigenvalue weighted by molar-refractivity contribution is 1.14. The Morgan fingerprint density at radius 1 is 1.50 bits per heavy atom. The number of aromatic amines is 1. The third kappa shape index (κ3) is 2.27. The van der Waals surface area contributed by atoms with Crippen LogP contribution in [0, 0.1) is 0 Å². The van der Waals surface area contributed by atoms with Gasteiger partial charge in [-0.25, -0.2) is 4.98 Å². The molecule has 3 heteroatoms. The Hall–Kier alpha value is -1.51. The molecule has 2 N–H and O–H groups in total. The standard InChI is InChI=1S/C9H13N3/c1-3-5-8-7-11-9(12-8)10-6-4-2/h3-4,7H,1-2,5-6H2,(H2,10,11,12). The van der Waals surface area contributed by atoms with Crippen LogP contribution in [0.5, 0.6) is 0 Å². The third-order valence-corrected chi connectivity index (χ3v) is 1.41. The second-order valence-corrected chi connectivity index (χ2v) is 2.42. The van der Waals surface area contributed by atoms with Crippen molar-refractivity contribution in [1.82, 2.24) is 9.97 Å². The number of aromatic nitrogens is 2. The third-order valence-electron chi connectivity index (χ3n) is 1.41. The highest BCUT2D eigenvalue weighted by Gasteiger charge is 1.95. The molecule has 0 unspecified atom stereocenters. The van der Waals surface area contributed by atoms with E-state index in [0.29, 0.717) is 0 Å². The van der Waals surface area contributed by atoms with Crippen molar-refractivity contribution in [1.29, 1.82) is 0 Å². The van der Waals surface area contributed by atoms with Crippen molar-refractivity contribution in [3.8, 4) is 0 Å². The van der Waals surface area contributed by atoms with Crippen molar-refractivity contribution >= 4 is 5.95 Å². The molecule has 0 atom stereocenters. The molecule has 1 heterocycles. The van der Waals surface area contributed by atoms with Crippen LogP contribution < -0.4 is 5.32 Å². The van der Waals surface area contributed by atoms with Crippen LogP contribution in [0.1, 0.15) is 5.69 Å². The molecule has 1 rings (SSSR count). The molecular formula is C9H13N3. The molecule has 0 aliphatic carbocycles. The zero-order valence-electron chi connectivity index (χ0n) is 7.01. The fraction of sp³-hybridized carbons (Fsp3) is 0.222. The van der Waals surface area contributed by atoms with E-state index in [4.69, 9.17) is 0 Å². The number of nitrogens with one attached hydrogen (secondary N) is 2. The summed E-state index contributed by atoms with van der Waals surface area (Å²) in [5.41, 5.74) is 1.07. The molecule has 0 spiro atoms. The monoisotopic (exact) mass is 163 g/mol. The summed E-state index contributed by atoms with van der Waals surface area (Å²) in [6.45, 7) is 7.96. The zero-order chi connectivity index (χ0) is 8.81. The summed E-state index contributed by atoms with van der Waals surface area (Å²) in [5.74, 6) is 0.784. The van der Waals surface area contributed by atoms with Crippen LogP contribution in [0.2, 0.25) is 0 Å². The number of hydrogen-bond donors (Lipinski definition) is 2. The molecule has 0 aromatic carbocycles. The second-order valence-electron chi connectivity index (χ2n) is 2.42. The zero-order valence-corrected chi connectivity index (χ0v) is 7.01. The number of anilines is 1. The van der Waals surface area contributed by atoms with Crippen LogP contribution in [0.3, 0.4) is 0 Å². The fourth-order valence-electron chi connectivity index (χ4n) is 0.877.